The molecular formula is C23H20ClN3O3. The lowest BCUT2D eigenvalue weighted by Gasteiger charge is -2.30. The van der Waals surface area contributed by atoms with Crippen LogP contribution in [0.4, 0.5) is 5.69 Å². The zero-order chi connectivity index (χ0) is 20.7. The van der Waals surface area contributed by atoms with Gasteiger partial charge in [-0.3, -0.25) is 9.59 Å². The van der Waals surface area contributed by atoms with E-state index in [1.165, 1.54) is 0 Å². The van der Waals surface area contributed by atoms with Gasteiger partial charge in [-0.25, -0.2) is 0 Å². The maximum atomic E-state index is 12.9. The maximum absolute atomic E-state index is 12.9. The van der Waals surface area contributed by atoms with Crippen molar-refractivity contribution in [3.05, 3.63) is 71.4 Å². The molecule has 6 nitrogen and oxygen atoms in total. The third kappa shape index (κ3) is 3.37. The Kier molecular flexibility index (Phi) is 4.59. The van der Waals surface area contributed by atoms with E-state index in [-0.39, 0.29) is 28.9 Å². The van der Waals surface area contributed by atoms with Crippen molar-refractivity contribution in [3.63, 3.8) is 0 Å². The van der Waals surface area contributed by atoms with Crippen molar-refractivity contribution in [2.75, 3.05) is 18.4 Å². The average Bonchev–Trinajstić information content (AvgIpc) is 3.32. The monoisotopic (exact) mass is 421 g/mol. The lowest BCUT2D eigenvalue weighted by molar-refractivity contribution is -0.122. The molecule has 0 radical (unpaired) electrons. The van der Waals surface area contributed by atoms with E-state index >= 15 is 0 Å². The predicted octanol–water partition coefficient (Wildman–Crippen LogP) is 4.49. The quantitative estimate of drug-likeness (QED) is 0.673. The number of carbonyl (C=O) groups is 2. The molecule has 1 aliphatic heterocycles. The van der Waals surface area contributed by atoms with E-state index in [4.69, 9.17) is 16.1 Å². The van der Waals surface area contributed by atoms with Gasteiger partial charge in [-0.1, -0.05) is 47.1 Å². The van der Waals surface area contributed by atoms with Gasteiger partial charge in [-0.2, -0.15) is 0 Å². The van der Waals surface area contributed by atoms with Gasteiger partial charge in [-0.05, 0) is 43.0 Å². The standard InChI is InChI=1S/C23H20ClN3O3/c24-17-6-8-18(9-7-17)25-22(29)23-10-11-27(14-16(23)13-23)21(28)20-12-19(26-30-20)15-4-2-1-3-5-15/h1-9,12,16H,10-11,13-14H2,(H,25,29). The summed E-state index contributed by atoms with van der Waals surface area (Å²) in [5.41, 5.74) is 1.89. The topological polar surface area (TPSA) is 75.4 Å². The molecule has 1 N–H and O–H groups in total. The minimum atomic E-state index is -0.382. The summed E-state index contributed by atoms with van der Waals surface area (Å²) in [7, 11) is 0. The Morgan fingerprint density at radius 1 is 1.13 bits per heavy atom. The zero-order valence-corrected chi connectivity index (χ0v) is 16.9. The van der Waals surface area contributed by atoms with Crippen LogP contribution in [0.1, 0.15) is 23.4 Å². The van der Waals surface area contributed by atoms with Crippen LogP contribution in [0, 0.1) is 11.3 Å². The van der Waals surface area contributed by atoms with Crippen molar-refractivity contribution in [1.82, 2.24) is 10.1 Å². The summed E-state index contributed by atoms with van der Waals surface area (Å²) in [6.45, 7) is 1.07. The SMILES string of the molecule is O=C(c1cc(-c2ccccc2)no1)N1CCC2(C(=O)Nc3ccc(Cl)cc3)CC2C1. The van der Waals surface area contributed by atoms with Crippen LogP contribution >= 0.6 is 11.6 Å². The number of carbonyl (C=O) groups excluding carboxylic acids is 2. The highest BCUT2D eigenvalue weighted by Crippen LogP contribution is 2.58. The van der Waals surface area contributed by atoms with Gasteiger partial charge in [0.05, 0.1) is 5.41 Å². The molecule has 2 amide bonds. The number of amides is 2. The number of anilines is 1. The Balaban J connectivity index is 1.23. The summed E-state index contributed by atoms with van der Waals surface area (Å²) < 4.78 is 5.31. The van der Waals surface area contributed by atoms with Gasteiger partial charge in [0.25, 0.3) is 5.91 Å². The number of hydrogen-bond donors (Lipinski definition) is 1. The summed E-state index contributed by atoms with van der Waals surface area (Å²) >= 11 is 5.90. The number of rotatable bonds is 4. The number of nitrogens with zero attached hydrogens (tertiary/aromatic N) is 2. The number of piperidine rings is 1. The smallest absolute Gasteiger partial charge is 0.292 e. The molecular weight excluding hydrogens is 402 g/mol. The second-order valence-electron chi connectivity index (χ2n) is 7.96. The maximum Gasteiger partial charge on any atom is 0.292 e. The predicted molar refractivity (Wildman–Crippen MR) is 113 cm³/mol. The fourth-order valence-corrected chi connectivity index (χ4v) is 4.39. The molecule has 30 heavy (non-hydrogen) atoms. The number of benzene rings is 2. The van der Waals surface area contributed by atoms with E-state index in [1.54, 1.807) is 35.2 Å². The molecule has 0 spiro atoms. The van der Waals surface area contributed by atoms with Gasteiger partial charge >= 0.3 is 0 Å². The molecule has 1 saturated carbocycles. The Hall–Kier alpha value is -3.12. The zero-order valence-electron chi connectivity index (χ0n) is 16.2. The first-order chi connectivity index (χ1) is 14.5. The first kappa shape index (κ1) is 18.9. The third-order valence-corrected chi connectivity index (χ3v) is 6.38. The number of nitrogens with one attached hydrogen (secondary N) is 1. The van der Waals surface area contributed by atoms with Crippen LogP contribution in [0.5, 0.6) is 0 Å². The molecule has 0 bridgehead atoms. The van der Waals surface area contributed by atoms with Gasteiger partial charge in [-0.15, -0.1) is 0 Å². The van der Waals surface area contributed by atoms with E-state index in [1.807, 2.05) is 30.3 Å². The van der Waals surface area contributed by atoms with Crippen molar-refractivity contribution in [3.8, 4) is 11.3 Å². The minimum Gasteiger partial charge on any atom is -0.350 e. The van der Waals surface area contributed by atoms with Crippen molar-refractivity contribution in [1.29, 1.82) is 0 Å². The van der Waals surface area contributed by atoms with E-state index in [0.29, 0.717) is 30.2 Å². The van der Waals surface area contributed by atoms with Crippen LogP contribution in [0.2, 0.25) is 5.02 Å². The number of aromatic nitrogens is 1. The highest BCUT2D eigenvalue weighted by atomic mass is 35.5. The van der Waals surface area contributed by atoms with Crippen molar-refractivity contribution >= 4 is 29.1 Å². The molecule has 1 aliphatic carbocycles. The van der Waals surface area contributed by atoms with E-state index in [9.17, 15) is 9.59 Å². The normalized spacial score (nSPS) is 22.3. The van der Waals surface area contributed by atoms with Crippen LogP contribution < -0.4 is 5.32 Å². The summed E-state index contributed by atoms with van der Waals surface area (Å²) in [5, 5.41) is 7.65. The average molecular weight is 422 g/mol. The van der Waals surface area contributed by atoms with Gasteiger partial charge in [0.15, 0.2) is 0 Å². The van der Waals surface area contributed by atoms with Gasteiger partial charge in [0.1, 0.15) is 5.69 Å². The van der Waals surface area contributed by atoms with E-state index in [0.717, 1.165) is 17.7 Å². The van der Waals surface area contributed by atoms with Gasteiger partial charge in [0.2, 0.25) is 11.7 Å². The first-order valence-electron chi connectivity index (χ1n) is 9.94. The minimum absolute atomic E-state index is 0.0213. The van der Waals surface area contributed by atoms with Crippen molar-refractivity contribution in [2.45, 2.75) is 12.8 Å². The summed E-state index contributed by atoms with van der Waals surface area (Å²) in [6.07, 6.45) is 1.43. The summed E-state index contributed by atoms with van der Waals surface area (Å²) in [6, 6.07) is 18.4. The van der Waals surface area contributed by atoms with Crippen LogP contribution in [0.15, 0.2) is 65.2 Å². The van der Waals surface area contributed by atoms with E-state index < -0.39 is 0 Å². The highest BCUT2D eigenvalue weighted by molar-refractivity contribution is 6.30. The van der Waals surface area contributed by atoms with Gasteiger partial charge in [0, 0.05) is 35.4 Å². The molecule has 2 unspecified atom stereocenters. The summed E-state index contributed by atoms with van der Waals surface area (Å²) in [4.78, 5) is 27.5. The van der Waals surface area contributed by atoms with Crippen LogP contribution in [0.3, 0.4) is 0 Å². The lowest BCUT2D eigenvalue weighted by Crippen LogP contribution is -2.42. The molecule has 2 atom stereocenters. The molecule has 2 aromatic carbocycles. The van der Waals surface area contributed by atoms with Crippen LogP contribution in [-0.2, 0) is 4.79 Å². The number of likely N-dealkylation sites (tertiary alicyclic amines) is 1. The van der Waals surface area contributed by atoms with Crippen molar-refractivity contribution in [2.24, 2.45) is 11.3 Å². The molecule has 152 valence electrons. The number of hydrogen-bond acceptors (Lipinski definition) is 4. The van der Waals surface area contributed by atoms with E-state index in [2.05, 4.69) is 10.5 Å². The Morgan fingerprint density at radius 3 is 2.63 bits per heavy atom. The molecule has 2 aliphatic rings. The lowest BCUT2D eigenvalue weighted by atomic mass is 9.93. The van der Waals surface area contributed by atoms with Crippen LogP contribution in [-0.4, -0.2) is 35.0 Å². The van der Waals surface area contributed by atoms with Crippen molar-refractivity contribution < 1.29 is 14.1 Å². The Morgan fingerprint density at radius 2 is 1.90 bits per heavy atom. The fraction of sp³-hybridized carbons (Fsp3) is 0.261. The second-order valence-corrected chi connectivity index (χ2v) is 8.40. The molecule has 1 saturated heterocycles. The molecule has 7 heteroatoms. The van der Waals surface area contributed by atoms with Crippen LogP contribution in [0.25, 0.3) is 11.3 Å². The molecule has 5 rings (SSSR count). The molecule has 1 aromatic heterocycles. The third-order valence-electron chi connectivity index (χ3n) is 6.13. The Labute approximate surface area is 178 Å². The molecule has 2 fully saturated rings. The fourth-order valence-electron chi connectivity index (χ4n) is 4.26. The molecule has 2 heterocycles. The van der Waals surface area contributed by atoms with Gasteiger partial charge < -0.3 is 14.7 Å². The highest BCUT2D eigenvalue weighted by Gasteiger charge is 2.62. The first-order valence-corrected chi connectivity index (χ1v) is 10.3. The number of halogens is 1. The molecule has 3 aromatic rings. The summed E-state index contributed by atoms with van der Waals surface area (Å²) in [5.74, 6) is 0.239. The largest absolute Gasteiger partial charge is 0.350 e. The Bertz CT molecular complexity index is 1100. The second kappa shape index (κ2) is 7.29. The number of fused-ring (bicyclic) bond motifs is 1.